The lowest BCUT2D eigenvalue weighted by atomic mass is 9.82. The molecule has 2 aromatic carbocycles. The van der Waals surface area contributed by atoms with E-state index >= 15 is 0 Å². The lowest BCUT2D eigenvalue weighted by Gasteiger charge is -2.45. The second kappa shape index (κ2) is 8.27. The van der Waals surface area contributed by atoms with E-state index in [9.17, 15) is 4.79 Å². The van der Waals surface area contributed by atoms with Crippen LogP contribution in [0.2, 0.25) is 0 Å². The molecule has 4 nitrogen and oxygen atoms in total. The fourth-order valence-corrected chi connectivity index (χ4v) is 5.48. The van der Waals surface area contributed by atoms with Gasteiger partial charge >= 0.3 is 5.97 Å². The molecule has 0 N–H and O–H groups in total. The van der Waals surface area contributed by atoms with Crippen LogP contribution in [-0.2, 0) is 9.53 Å². The zero-order chi connectivity index (χ0) is 20.4. The van der Waals surface area contributed by atoms with Gasteiger partial charge < -0.3 is 9.64 Å². The first-order valence-corrected chi connectivity index (χ1v) is 11.3. The molecule has 2 aromatic rings. The van der Waals surface area contributed by atoms with Crippen LogP contribution in [0.3, 0.4) is 0 Å². The smallest absolute Gasteiger partial charge is 0.333 e. The molecule has 1 saturated heterocycles. The summed E-state index contributed by atoms with van der Waals surface area (Å²) >= 11 is 0. The Bertz CT molecular complexity index is 856. The van der Waals surface area contributed by atoms with Gasteiger partial charge in [0.1, 0.15) is 0 Å². The number of hydrogen-bond acceptors (Lipinski definition) is 4. The lowest BCUT2D eigenvalue weighted by Crippen LogP contribution is -2.51. The molecule has 0 radical (unpaired) electrons. The predicted octanol–water partition coefficient (Wildman–Crippen LogP) is 4.54. The normalized spacial score (nSPS) is 21.7. The standard InChI is InChI=1S/C26H30N2O2/c29-24-20-23(26(30-24)14-8-3-9-15-26)27-16-18-28(19-17-27)25(21-10-4-1-5-11-21)22-12-6-2-7-13-22/h1-2,4-7,10-13,20,25H,3,8-9,14-19H2. The van der Waals surface area contributed by atoms with Gasteiger partial charge in [0, 0.05) is 32.3 Å². The monoisotopic (exact) mass is 402 g/mol. The summed E-state index contributed by atoms with van der Waals surface area (Å²) in [4.78, 5) is 17.2. The van der Waals surface area contributed by atoms with Gasteiger partial charge in [-0.25, -0.2) is 4.79 Å². The number of carbonyl (C=O) groups excluding carboxylic acids is 1. The number of carbonyl (C=O) groups is 1. The zero-order valence-electron chi connectivity index (χ0n) is 17.5. The molecular weight excluding hydrogens is 372 g/mol. The first-order valence-electron chi connectivity index (χ1n) is 11.3. The van der Waals surface area contributed by atoms with E-state index in [1.165, 1.54) is 17.5 Å². The van der Waals surface area contributed by atoms with Gasteiger partial charge in [-0.15, -0.1) is 0 Å². The molecule has 1 aliphatic carbocycles. The van der Waals surface area contributed by atoms with E-state index in [1.807, 2.05) is 0 Å². The van der Waals surface area contributed by atoms with Crippen molar-refractivity contribution in [3.8, 4) is 0 Å². The molecule has 2 fully saturated rings. The Labute approximate surface area is 179 Å². The average Bonchev–Trinajstić information content (AvgIpc) is 3.11. The molecule has 4 heteroatoms. The molecule has 2 heterocycles. The molecule has 3 aliphatic rings. The minimum Gasteiger partial charge on any atom is -0.449 e. The van der Waals surface area contributed by atoms with E-state index in [4.69, 9.17) is 4.74 Å². The molecule has 0 bridgehead atoms. The summed E-state index contributed by atoms with van der Waals surface area (Å²) in [6.45, 7) is 3.80. The van der Waals surface area contributed by atoms with Crippen LogP contribution in [0.4, 0.5) is 0 Å². The Balaban J connectivity index is 1.35. The third-order valence-corrected chi connectivity index (χ3v) is 6.93. The van der Waals surface area contributed by atoms with Crippen molar-refractivity contribution in [2.75, 3.05) is 26.2 Å². The van der Waals surface area contributed by atoms with Crippen LogP contribution in [0.15, 0.2) is 72.4 Å². The molecule has 0 atom stereocenters. The molecule has 156 valence electrons. The Hall–Kier alpha value is -2.59. The molecule has 2 aliphatic heterocycles. The number of benzene rings is 2. The summed E-state index contributed by atoms with van der Waals surface area (Å²) in [5, 5.41) is 0. The first-order chi connectivity index (χ1) is 14.8. The quantitative estimate of drug-likeness (QED) is 0.703. The van der Waals surface area contributed by atoms with E-state index in [2.05, 4.69) is 70.5 Å². The van der Waals surface area contributed by atoms with Gasteiger partial charge in [-0.1, -0.05) is 67.1 Å². The van der Waals surface area contributed by atoms with Gasteiger partial charge in [0.05, 0.1) is 11.7 Å². The van der Waals surface area contributed by atoms with Crippen LogP contribution < -0.4 is 0 Å². The van der Waals surface area contributed by atoms with Gasteiger partial charge in [0.2, 0.25) is 0 Å². The number of nitrogens with zero attached hydrogens (tertiary/aromatic N) is 2. The van der Waals surface area contributed by atoms with Crippen LogP contribution in [0.5, 0.6) is 0 Å². The van der Waals surface area contributed by atoms with Gasteiger partial charge in [-0.05, 0) is 36.8 Å². The molecule has 30 heavy (non-hydrogen) atoms. The number of hydrogen-bond donors (Lipinski definition) is 0. The van der Waals surface area contributed by atoms with Crippen molar-refractivity contribution < 1.29 is 9.53 Å². The Morgan fingerprint density at radius 1 is 0.767 bits per heavy atom. The molecule has 5 rings (SSSR count). The molecule has 0 unspecified atom stereocenters. The van der Waals surface area contributed by atoms with Crippen LogP contribution >= 0.6 is 0 Å². The largest absolute Gasteiger partial charge is 0.449 e. The third-order valence-electron chi connectivity index (χ3n) is 6.93. The summed E-state index contributed by atoms with van der Waals surface area (Å²) in [6, 6.07) is 21.8. The number of piperazine rings is 1. The maximum absolute atomic E-state index is 12.2. The first kappa shape index (κ1) is 19.4. The molecule has 1 saturated carbocycles. The highest BCUT2D eigenvalue weighted by Crippen LogP contribution is 2.43. The highest BCUT2D eigenvalue weighted by Gasteiger charge is 2.46. The highest BCUT2D eigenvalue weighted by atomic mass is 16.6. The van der Waals surface area contributed by atoms with E-state index in [0.29, 0.717) is 0 Å². The fraction of sp³-hybridized carbons (Fsp3) is 0.423. The van der Waals surface area contributed by atoms with Crippen molar-refractivity contribution >= 4 is 5.97 Å². The maximum atomic E-state index is 12.2. The minimum absolute atomic E-state index is 0.152. The molecule has 0 aromatic heterocycles. The van der Waals surface area contributed by atoms with Gasteiger partial charge in [-0.2, -0.15) is 0 Å². The van der Waals surface area contributed by atoms with Crippen molar-refractivity contribution in [2.45, 2.75) is 43.7 Å². The van der Waals surface area contributed by atoms with Gasteiger partial charge in [-0.3, -0.25) is 4.90 Å². The highest BCUT2D eigenvalue weighted by molar-refractivity contribution is 5.86. The van der Waals surface area contributed by atoms with Crippen molar-refractivity contribution in [1.82, 2.24) is 9.80 Å². The summed E-state index contributed by atoms with van der Waals surface area (Å²) in [5.41, 5.74) is 3.46. The van der Waals surface area contributed by atoms with E-state index < -0.39 is 0 Å². The van der Waals surface area contributed by atoms with E-state index in [-0.39, 0.29) is 17.6 Å². The average molecular weight is 403 g/mol. The third kappa shape index (κ3) is 3.65. The SMILES string of the molecule is O=C1C=C(N2CCN(C(c3ccccc3)c3ccccc3)CC2)C2(CCCCC2)O1. The molecule has 1 spiro atoms. The molecular formula is C26H30N2O2. The van der Waals surface area contributed by atoms with Crippen LogP contribution in [-0.4, -0.2) is 47.5 Å². The number of esters is 1. The topological polar surface area (TPSA) is 32.8 Å². The molecule has 0 amide bonds. The van der Waals surface area contributed by atoms with Crippen molar-refractivity contribution in [3.05, 3.63) is 83.6 Å². The Morgan fingerprint density at radius 2 is 1.33 bits per heavy atom. The van der Waals surface area contributed by atoms with E-state index in [0.717, 1.165) is 57.6 Å². The minimum atomic E-state index is -0.351. The van der Waals surface area contributed by atoms with Crippen molar-refractivity contribution in [2.24, 2.45) is 0 Å². The second-order valence-corrected chi connectivity index (χ2v) is 8.75. The van der Waals surface area contributed by atoms with Gasteiger partial charge in [0.25, 0.3) is 0 Å². The summed E-state index contributed by atoms with van der Waals surface area (Å²) in [6.07, 6.45) is 7.26. The second-order valence-electron chi connectivity index (χ2n) is 8.75. The Kier molecular flexibility index (Phi) is 5.34. The number of ether oxygens (including phenoxy) is 1. The van der Waals surface area contributed by atoms with Gasteiger partial charge in [0.15, 0.2) is 5.60 Å². The van der Waals surface area contributed by atoms with E-state index in [1.54, 1.807) is 6.08 Å². The van der Waals surface area contributed by atoms with Crippen LogP contribution in [0.25, 0.3) is 0 Å². The summed E-state index contributed by atoms with van der Waals surface area (Å²) in [7, 11) is 0. The fourth-order valence-electron chi connectivity index (χ4n) is 5.48. The predicted molar refractivity (Wildman–Crippen MR) is 118 cm³/mol. The summed E-state index contributed by atoms with van der Waals surface area (Å²) in [5.74, 6) is -0.152. The van der Waals surface area contributed by atoms with Crippen LogP contribution in [0.1, 0.15) is 49.3 Å². The van der Waals surface area contributed by atoms with Crippen molar-refractivity contribution in [1.29, 1.82) is 0 Å². The maximum Gasteiger partial charge on any atom is 0.333 e. The summed E-state index contributed by atoms with van der Waals surface area (Å²) < 4.78 is 5.88. The lowest BCUT2D eigenvalue weighted by molar-refractivity contribution is -0.149. The van der Waals surface area contributed by atoms with Crippen molar-refractivity contribution in [3.63, 3.8) is 0 Å². The van der Waals surface area contributed by atoms with Crippen LogP contribution in [0, 0.1) is 0 Å². The Morgan fingerprint density at radius 3 is 1.90 bits per heavy atom. The number of rotatable bonds is 4. The zero-order valence-corrected chi connectivity index (χ0v) is 17.5.